The number of rotatable bonds is 3. The lowest BCUT2D eigenvalue weighted by Crippen LogP contribution is -2.31. The number of nitrogens with one attached hydrogen (secondary N) is 2. The molecule has 3 rings (SSSR count). The van der Waals surface area contributed by atoms with Crippen molar-refractivity contribution < 1.29 is 9.21 Å². The molecule has 6 heteroatoms. The fraction of sp³-hybridized carbons (Fsp3) is 0.176. The van der Waals surface area contributed by atoms with E-state index in [1.165, 1.54) is 0 Å². The summed E-state index contributed by atoms with van der Waals surface area (Å²) < 4.78 is 6.38. The molecule has 0 saturated carbocycles. The zero-order valence-corrected chi connectivity index (χ0v) is 14.3. The van der Waals surface area contributed by atoms with Crippen molar-refractivity contribution >= 4 is 38.7 Å². The van der Waals surface area contributed by atoms with Crippen molar-refractivity contribution in [2.75, 3.05) is 5.32 Å². The molecular weight excluding hydrogens is 358 g/mol. The smallest absolute Gasteiger partial charge is 0.319 e. The summed E-state index contributed by atoms with van der Waals surface area (Å²) in [6, 6.07) is 12.8. The summed E-state index contributed by atoms with van der Waals surface area (Å²) in [6.45, 7) is 3.73. The highest BCUT2D eigenvalue weighted by molar-refractivity contribution is 9.10. The normalized spacial score (nSPS) is 12.1. The lowest BCUT2D eigenvalue weighted by molar-refractivity contribution is 0.249. The number of oxazole rings is 1. The monoisotopic (exact) mass is 373 g/mol. The predicted octanol–water partition coefficient (Wildman–Crippen LogP) is 4.78. The molecule has 2 N–H and O–H groups in total. The number of hydrogen-bond donors (Lipinski definition) is 2. The first-order valence-corrected chi connectivity index (χ1v) is 8.01. The summed E-state index contributed by atoms with van der Waals surface area (Å²) in [5.74, 6) is 0.601. The summed E-state index contributed by atoms with van der Waals surface area (Å²) >= 11 is 3.49. The molecular formula is C17H16BrN3O2. The van der Waals surface area contributed by atoms with Gasteiger partial charge in [0.1, 0.15) is 5.52 Å². The van der Waals surface area contributed by atoms with Crippen LogP contribution in [0.4, 0.5) is 10.5 Å². The molecule has 1 heterocycles. The number of carbonyl (C=O) groups excluding carboxylic acids is 1. The molecule has 2 aromatic carbocycles. The summed E-state index contributed by atoms with van der Waals surface area (Å²) in [5.41, 5.74) is 3.11. The summed E-state index contributed by atoms with van der Waals surface area (Å²) in [5, 5.41) is 5.73. The molecule has 1 unspecified atom stereocenters. The molecule has 0 bridgehead atoms. The van der Waals surface area contributed by atoms with Crippen LogP contribution in [-0.4, -0.2) is 11.0 Å². The minimum Gasteiger partial charge on any atom is -0.441 e. The molecule has 1 aromatic heterocycles. The third-order valence-electron chi connectivity index (χ3n) is 3.47. The van der Waals surface area contributed by atoms with Gasteiger partial charge in [0.2, 0.25) is 0 Å². The highest BCUT2D eigenvalue weighted by atomic mass is 79.9. The van der Waals surface area contributed by atoms with E-state index < -0.39 is 0 Å². The Morgan fingerprint density at radius 2 is 2.04 bits per heavy atom. The number of amides is 2. The number of halogens is 1. The fourth-order valence-corrected chi connectivity index (χ4v) is 3.02. The lowest BCUT2D eigenvalue weighted by Gasteiger charge is -2.16. The minimum absolute atomic E-state index is 0.122. The van der Waals surface area contributed by atoms with E-state index in [1.54, 1.807) is 25.1 Å². The fourth-order valence-electron chi connectivity index (χ4n) is 2.39. The first-order valence-electron chi connectivity index (χ1n) is 7.22. The Balaban J connectivity index is 1.69. The number of aromatic nitrogens is 1. The second-order valence-electron chi connectivity index (χ2n) is 5.26. The largest absolute Gasteiger partial charge is 0.441 e. The summed E-state index contributed by atoms with van der Waals surface area (Å²) in [7, 11) is 0. The van der Waals surface area contributed by atoms with Crippen molar-refractivity contribution in [1.29, 1.82) is 0 Å². The third-order valence-corrected chi connectivity index (χ3v) is 4.19. The standard InChI is InChI=1S/C17H16BrN3O2/c1-10(13-5-3-4-6-14(13)18)19-17(22)21-12-7-8-16-15(9-12)20-11(2)23-16/h3-10H,1-2H3,(H2,19,21,22). The molecule has 0 aliphatic rings. The number of nitrogens with zero attached hydrogens (tertiary/aromatic N) is 1. The van der Waals surface area contributed by atoms with Gasteiger partial charge in [-0.1, -0.05) is 34.1 Å². The van der Waals surface area contributed by atoms with Crippen molar-refractivity contribution in [3.8, 4) is 0 Å². The highest BCUT2D eigenvalue weighted by Gasteiger charge is 2.12. The van der Waals surface area contributed by atoms with Crippen LogP contribution < -0.4 is 10.6 Å². The molecule has 3 aromatic rings. The van der Waals surface area contributed by atoms with Crippen LogP contribution >= 0.6 is 15.9 Å². The predicted molar refractivity (Wildman–Crippen MR) is 93.5 cm³/mol. The first kappa shape index (κ1) is 15.6. The molecule has 2 amide bonds. The van der Waals surface area contributed by atoms with E-state index in [4.69, 9.17) is 4.42 Å². The Hall–Kier alpha value is -2.34. The van der Waals surface area contributed by atoms with E-state index in [0.29, 0.717) is 17.2 Å². The lowest BCUT2D eigenvalue weighted by atomic mass is 10.1. The van der Waals surface area contributed by atoms with Crippen LogP contribution in [0.15, 0.2) is 51.4 Å². The molecule has 1 atom stereocenters. The second kappa shape index (κ2) is 6.42. The van der Waals surface area contributed by atoms with Crippen LogP contribution in [0.2, 0.25) is 0 Å². The number of benzene rings is 2. The van der Waals surface area contributed by atoms with Gasteiger partial charge in [-0.3, -0.25) is 0 Å². The van der Waals surface area contributed by atoms with Gasteiger partial charge in [-0.2, -0.15) is 0 Å². The van der Waals surface area contributed by atoms with Gasteiger partial charge in [0.05, 0.1) is 6.04 Å². The van der Waals surface area contributed by atoms with E-state index >= 15 is 0 Å². The molecule has 0 aliphatic heterocycles. The minimum atomic E-state index is -0.271. The topological polar surface area (TPSA) is 67.2 Å². The van der Waals surface area contributed by atoms with Crippen LogP contribution in [0, 0.1) is 6.92 Å². The molecule has 5 nitrogen and oxygen atoms in total. The Labute approximate surface area is 142 Å². The third kappa shape index (κ3) is 3.53. The van der Waals surface area contributed by atoms with Crippen molar-refractivity contribution in [2.24, 2.45) is 0 Å². The van der Waals surface area contributed by atoms with Gasteiger partial charge in [-0.05, 0) is 36.8 Å². The molecule has 23 heavy (non-hydrogen) atoms. The van der Waals surface area contributed by atoms with Crippen molar-refractivity contribution in [3.05, 3.63) is 58.4 Å². The van der Waals surface area contributed by atoms with Crippen molar-refractivity contribution in [3.63, 3.8) is 0 Å². The number of anilines is 1. The number of aryl methyl sites for hydroxylation is 1. The van der Waals surface area contributed by atoms with Gasteiger partial charge in [-0.25, -0.2) is 9.78 Å². The Morgan fingerprint density at radius 3 is 2.83 bits per heavy atom. The van der Waals surface area contributed by atoms with Crippen LogP contribution in [0.3, 0.4) is 0 Å². The van der Waals surface area contributed by atoms with Gasteiger partial charge < -0.3 is 15.1 Å². The maximum Gasteiger partial charge on any atom is 0.319 e. The van der Waals surface area contributed by atoms with Crippen LogP contribution in [0.5, 0.6) is 0 Å². The van der Waals surface area contributed by atoms with Gasteiger partial charge in [0.15, 0.2) is 11.5 Å². The van der Waals surface area contributed by atoms with E-state index in [2.05, 4.69) is 31.5 Å². The average Bonchev–Trinajstić information content (AvgIpc) is 2.86. The molecule has 118 valence electrons. The van der Waals surface area contributed by atoms with Crippen LogP contribution in [0.1, 0.15) is 24.4 Å². The van der Waals surface area contributed by atoms with Gasteiger partial charge in [-0.15, -0.1) is 0 Å². The molecule has 0 aliphatic carbocycles. The van der Waals surface area contributed by atoms with Gasteiger partial charge in [0.25, 0.3) is 0 Å². The number of urea groups is 1. The summed E-state index contributed by atoms with van der Waals surface area (Å²) in [4.78, 5) is 16.4. The Morgan fingerprint density at radius 1 is 1.26 bits per heavy atom. The maximum absolute atomic E-state index is 12.2. The van der Waals surface area contributed by atoms with Crippen molar-refractivity contribution in [1.82, 2.24) is 10.3 Å². The van der Waals surface area contributed by atoms with Crippen LogP contribution in [-0.2, 0) is 0 Å². The number of carbonyl (C=O) groups is 1. The van der Waals surface area contributed by atoms with E-state index in [9.17, 15) is 4.79 Å². The van der Waals surface area contributed by atoms with Gasteiger partial charge >= 0.3 is 6.03 Å². The van der Waals surface area contributed by atoms with Gasteiger partial charge in [0, 0.05) is 17.1 Å². The van der Waals surface area contributed by atoms with E-state index in [-0.39, 0.29) is 12.1 Å². The second-order valence-corrected chi connectivity index (χ2v) is 6.11. The average molecular weight is 374 g/mol. The number of hydrogen-bond acceptors (Lipinski definition) is 3. The van der Waals surface area contributed by atoms with E-state index in [1.807, 2.05) is 31.2 Å². The Kier molecular flexibility index (Phi) is 4.34. The molecule has 0 spiro atoms. The summed E-state index contributed by atoms with van der Waals surface area (Å²) in [6.07, 6.45) is 0. The molecule has 0 saturated heterocycles. The first-order chi connectivity index (χ1) is 11.0. The van der Waals surface area contributed by atoms with Crippen molar-refractivity contribution in [2.45, 2.75) is 19.9 Å². The zero-order valence-electron chi connectivity index (χ0n) is 12.8. The highest BCUT2D eigenvalue weighted by Crippen LogP contribution is 2.23. The number of fused-ring (bicyclic) bond motifs is 1. The SMILES string of the molecule is Cc1nc2cc(NC(=O)NC(C)c3ccccc3Br)ccc2o1. The quantitative estimate of drug-likeness (QED) is 0.693. The molecule has 0 radical (unpaired) electrons. The molecule has 0 fully saturated rings. The van der Waals surface area contributed by atoms with E-state index in [0.717, 1.165) is 15.6 Å². The zero-order chi connectivity index (χ0) is 16.4. The maximum atomic E-state index is 12.2. The Bertz CT molecular complexity index is 860. The van der Waals surface area contributed by atoms with Crippen LogP contribution in [0.25, 0.3) is 11.1 Å².